The van der Waals surface area contributed by atoms with Gasteiger partial charge in [-0.3, -0.25) is 0 Å². The van der Waals surface area contributed by atoms with Gasteiger partial charge in [0.2, 0.25) is 0 Å². The zero-order chi connectivity index (χ0) is 33.5. The lowest BCUT2D eigenvalue weighted by molar-refractivity contribution is 0.00578. The molecule has 0 spiro atoms. The largest absolute Gasteiger partial charge is 0.494 e. The van der Waals surface area contributed by atoms with Crippen molar-refractivity contribution in [3.05, 3.63) is 72.8 Å². The Labute approximate surface area is 276 Å². The molecule has 0 amide bonds. The highest BCUT2D eigenvalue weighted by atomic mass is 16.7. The number of hydrogen-bond donors (Lipinski definition) is 0. The van der Waals surface area contributed by atoms with Crippen molar-refractivity contribution in [1.82, 2.24) is 0 Å². The molecule has 3 aromatic carbocycles. The van der Waals surface area contributed by atoms with Gasteiger partial charge in [0.1, 0.15) is 0 Å². The standard InChI is InChI=1S/C36H48B3NO6/c1-31(2)32(3,4)42-37(41-31)25-16-13-19-28(22-25)40(29-20-14-17-26(23-29)38-43-33(5,6)34(7,8)44-38)30-21-15-18-27(24-30)39-45-35(9,10)36(11,12)46-39/h13-24H,1-12H3. The van der Waals surface area contributed by atoms with Crippen LogP contribution in [0.2, 0.25) is 0 Å². The van der Waals surface area contributed by atoms with Crippen LogP contribution in [0.5, 0.6) is 0 Å². The second-order valence-corrected chi connectivity index (χ2v) is 15.9. The van der Waals surface area contributed by atoms with Crippen LogP contribution in [0, 0.1) is 0 Å². The molecule has 0 aromatic heterocycles. The summed E-state index contributed by atoms with van der Waals surface area (Å²) in [6.45, 7) is 24.9. The summed E-state index contributed by atoms with van der Waals surface area (Å²) in [6, 6.07) is 25.1. The van der Waals surface area contributed by atoms with Crippen molar-refractivity contribution in [1.29, 1.82) is 0 Å². The van der Waals surface area contributed by atoms with Crippen molar-refractivity contribution in [2.45, 2.75) is 117 Å². The van der Waals surface area contributed by atoms with Crippen molar-refractivity contribution in [3.8, 4) is 0 Å². The normalized spacial score (nSPS) is 23.6. The molecule has 7 nitrogen and oxygen atoms in total. The summed E-state index contributed by atoms with van der Waals surface area (Å²) in [4.78, 5) is 2.23. The number of nitrogens with zero attached hydrogens (tertiary/aromatic N) is 1. The maximum Gasteiger partial charge on any atom is 0.494 e. The Morgan fingerprint density at radius 3 is 0.804 bits per heavy atom. The highest BCUT2D eigenvalue weighted by Crippen LogP contribution is 2.40. The van der Waals surface area contributed by atoms with E-state index in [4.69, 9.17) is 27.9 Å². The van der Waals surface area contributed by atoms with Gasteiger partial charge >= 0.3 is 21.4 Å². The van der Waals surface area contributed by atoms with E-state index >= 15 is 0 Å². The fraction of sp³-hybridized carbons (Fsp3) is 0.500. The van der Waals surface area contributed by atoms with Crippen LogP contribution in [-0.4, -0.2) is 55.0 Å². The lowest BCUT2D eigenvalue weighted by Gasteiger charge is -2.32. The van der Waals surface area contributed by atoms with Crippen LogP contribution < -0.4 is 21.3 Å². The van der Waals surface area contributed by atoms with E-state index in [-0.39, 0.29) is 0 Å². The lowest BCUT2D eigenvalue weighted by atomic mass is 9.78. The van der Waals surface area contributed by atoms with E-state index in [0.717, 1.165) is 33.5 Å². The summed E-state index contributed by atoms with van der Waals surface area (Å²) in [5.74, 6) is 0. The maximum atomic E-state index is 6.44. The molecule has 0 aliphatic carbocycles. The van der Waals surface area contributed by atoms with Crippen LogP contribution in [-0.2, 0) is 27.9 Å². The molecule has 3 aliphatic rings. The number of rotatable bonds is 6. The summed E-state index contributed by atoms with van der Waals surface area (Å²) in [5.41, 5.74) is 3.08. The molecule has 3 saturated heterocycles. The molecule has 10 heteroatoms. The van der Waals surface area contributed by atoms with Crippen molar-refractivity contribution in [2.75, 3.05) is 4.90 Å². The van der Waals surface area contributed by atoms with Crippen LogP contribution in [0.4, 0.5) is 17.1 Å². The molecule has 0 saturated carbocycles. The third-order valence-electron chi connectivity index (χ3n) is 11.0. The average Bonchev–Trinajstić information content (AvgIpc) is 3.43. The zero-order valence-corrected chi connectivity index (χ0v) is 29.6. The van der Waals surface area contributed by atoms with Crippen molar-refractivity contribution < 1.29 is 27.9 Å². The van der Waals surface area contributed by atoms with Crippen LogP contribution in [0.1, 0.15) is 83.1 Å². The highest BCUT2D eigenvalue weighted by molar-refractivity contribution is 6.63. The second kappa shape index (κ2) is 11.0. The Morgan fingerprint density at radius 2 is 0.587 bits per heavy atom. The van der Waals surface area contributed by atoms with Gasteiger partial charge in [-0.2, -0.15) is 0 Å². The second-order valence-electron chi connectivity index (χ2n) is 15.9. The third-order valence-corrected chi connectivity index (χ3v) is 11.0. The summed E-state index contributed by atoms with van der Waals surface area (Å²) >= 11 is 0. The molecule has 0 atom stereocenters. The molecule has 0 unspecified atom stereocenters. The van der Waals surface area contributed by atoms with Crippen molar-refractivity contribution >= 4 is 54.8 Å². The van der Waals surface area contributed by atoms with E-state index in [9.17, 15) is 0 Å². The van der Waals surface area contributed by atoms with Crippen molar-refractivity contribution in [3.63, 3.8) is 0 Å². The fourth-order valence-corrected chi connectivity index (χ4v) is 5.82. The average molecular weight is 623 g/mol. The molecule has 3 aliphatic heterocycles. The summed E-state index contributed by atoms with van der Waals surface area (Å²) in [5, 5.41) is 0. The van der Waals surface area contributed by atoms with Gasteiger partial charge in [-0.25, -0.2) is 0 Å². The molecule has 0 radical (unpaired) electrons. The number of benzene rings is 3. The molecular weight excluding hydrogens is 575 g/mol. The Hall–Kier alpha value is -2.59. The lowest BCUT2D eigenvalue weighted by Crippen LogP contribution is -2.41. The Kier molecular flexibility index (Phi) is 7.95. The van der Waals surface area contributed by atoms with E-state index in [2.05, 4.69) is 161 Å². The van der Waals surface area contributed by atoms with Gasteiger partial charge in [-0.05, 0) is 136 Å². The summed E-state index contributed by atoms with van der Waals surface area (Å²) < 4.78 is 38.6. The van der Waals surface area contributed by atoms with E-state index in [0.29, 0.717) is 0 Å². The first-order chi connectivity index (χ1) is 21.2. The smallest absolute Gasteiger partial charge is 0.399 e. The highest BCUT2D eigenvalue weighted by Gasteiger charge is 2.54. The predicted molar refractivity (Wildman–Crippen MR) is 188 cm³/mol. The van der Waals surface area contributed by atoms with Crippen molar-refractivity contribution in [2.24, 2.45) is 0 Å². The monoisotopic (exact) mass is 623 g/mol. The molecule has 6 rings (SSSR count). The zero-order valence-electron chi connectivity index (χ0n) is 29.6. The Bertz CT molecular complexity index is 1380. The third kappa shape index (κ3) is 5.76. The molecule has 0 N–H and O–H groups in total. The maximum absolute atomic E-state index is 6.44. The van der Waals surface area contributed by atoms with Gasteiger partial charge in [0.05, 0.1) is 33.6 Å². The first-order valence-corrected chi connectivity index (χ1v) is 16.4. The molecule has 242 valence electrons. The van der Waals surface area contributed by atoms with E-state index in [1.54, 1.807) is 0 Å². The van der Waals surface area contributed by atoms with E-state index in [1.165, 1.54) is 0 Å². The van der Waals surface area contributed by atoms with Crippen LogP contribution >= 0.6 is 0 Å². The Morgan fingerprint density at radius 1 is 0.370 bits per heavy atom. The molecule has 3 aromatic rings. The minimum atomic E-state index is -0.487. The topological polar surface area (TPSA) is 58.6 Å². The van der Waals surface area contributed by atoms with Gasteiger partial charge in [0, 0.05) is 17.1 Å². The van der Waals surface area contributed by atoms with E-state index < -0.39 is 55.0 Å². The quantitative estimate of drug-likeness (QED) is 0.310. The van der Waals surface area contributed by atoms with E-state index in [1.807, 2.05) is 0 Å². The first kappa shape index (κ1) is 33.3. The number of anilines is 3. The predicted octanol–water partition coefficient (Wildman–Crippen LogP) is 6.05. The first-order valence-electron chi connectivity index (χ1n) is 16.4. The van der Waals surface area contributed by atoms with Gasteiger partial charge < -0.3 is 32.8 Å². The van der Waals surface area contributed by atoms with Gasteiger partial charge in [-0.1, -0.05) is 36.4 Å². The van der Waals surface area contributed by atoms with Crippen LogP contribution in [0.3, 0.4) is 0 Å². The van der Waals surface area contributed by atoms with Crippen LogP contribution in [0.25, 0.3) is 0 Å². The minimum absolute atomic E-state index is 0.443. The fourth-order valence-electron chi connectivity index (χ4n) is 5.82. The molecule has 0 bridgehead atoms. The molecule has 3 heterocycles. The van der Waals surface area contributed by atoms with Gasteiger partial charge in [0.15, 0.2) is 0 Å². The van der Waals surface area contributed by atoms with Gasteiger partial charge in [0.25, 0.3) is 0 Å². The molecular formula is C36H48B3NO6. The van der Waals surface area contributed by atoms with Gasteiger partial charge in [-0.15, -0.1) is 0 Å². The molecule has 3 fully saturated rings. The minimum Gasteiger partial charge on any atom is -0.399 e. The number of hydrogen-bond acceptors (Lipinski definition) is 7. The summed E-state index contributed by atoms with van der Waals surface area (Å²) in [6.07, 6.45) is 0. The van der Waals surface area contributed by atoms with Crippen LogP contribution in [0.15, 0.2) is 72.8 Å². The summed E-state index contributed by atoms with van der Waals surface area (Å²) in [7, 11) is -1.46. The SMILES string of the molecule is CC1(C)OB(c2cccc(N(c3cccc(B4OC(C)(C)C(C)(C)O4)c3)c3cccc(B4OC(C)(C)C(C)(C)O4)c3)c2)OC1(C)C. The Balaban J connectivity index is 1.43. The molecule has 46 heavy (non-hydrogen) atoms.